The van der Waals surface area contributed by atoms with Gasteiger partial charge in [0.2, 0.25) is 11.8 Å². The number of nitrogens with zero attached hydrogens (tertiary/aromatic N) is 2. The van der Waals surface area contributed by atoms with Crippen molar-refractivity contribution in [3.8, 4) is 5.75 Å². The second kappa shape index (κ2) is 10.8. The fraction of sp³-hybridized carbons (Fsp3) is 0.640. The van der Waals surface area contributed by atoms with E-state index >= 15 is 0 Å². The zero-order chi connectivity index (χ0) is 22.3. The Balaban J connectivity index is 1.42. The van der Waals surface area contributed by atoms with E-state index in [0.29, 0.717) is 44.0 Å². The van der Waals surface area contributed by atoms with E-state index in [1.165, 1.54) is 0 Å². The maximum Gasteiger partial charge on any atom is 0.255 e. The Morgan fingerprint density at radius 1 is 1.00 bits per heavy atom. The molecule has 32 heavy (non-hydrogen) atoms. The van der Waals surface area contributed by atoms with Gasteiger partial charge in [-0.2, -0.15) is 0 Å². The Bertz CT molecular complexity index is 827. The number of carbonyl (C=O) groups is 3. The quantitative estimate of drug-likeness (QED) is 0.765. The lowest BCUT2D eigenvalue weighted by Gasteiger charge is -2.40. The summed E-state index contributed by atoms with van der Waals surface area (Å²) in [5, 5.41) is 3.23. The minimum absolute atomic E-state index is 0.0369. The van der Waals surface area contributed by atoms with Gasteiger partial charge in [-0.15, -0.1) is 0 Å². The fourth-order valence-electron chi connectivity index (χ4n) is 5.10. The molecule has 3 aliphatic rings. The number of para-hydroxylation sites is 1. The van der Waals surface area contributed by atoms with Crippen LogP contribution in [0.2, 0.25) is 0 Å². The van der Waals surface area contributed by atoms with Gasteiger partial charge >= 0.3 is 0 Å². The Hall–Kier alpha value is -2.57. The van der Waals surface area contributed by atoms with Crippen molar-refractivity contribution in [3.05, 3.63) is 29.8 Å². The van der Waals surface area contributed by atoms with Crippen LogP contribution in [0.5, 0.6) is 5.75 Å². The number of fused-ring (bicyclic) bond motifs is 2. The molecular formula is C25H35N3O4. The number of nitrogens with one attached hydrogen (secondary N) is 1. The van der Waals surface area contributed by atoms with Crippen molar-refractivity contribution in [3.63, 3.8) is 0 Å². The van der Waals surface area contributed by atoms with E-state index in [2.05, 4.69) is 5.32 Å². The first-order chi connectivity index (χ1) is 15.6. The molecule has 0 radical (unpaired) electrons. The molecule has 1 aromatic carbocycles. The molecule has 0 spiro atoms. The first-order valence-electron chi connectivity index (χ1n) is 12.2. The van der Waals surface area contributed by atoms with Gasteiger partial charge in [-0.05, 0) is 50.2 Å². The molecular weight excluding hydrogens is 406 g/mol. The van der Waals surface area contributed by atoms with Gasteiger partial charge in [-0.25, -0.2) is 0 Å². The maximum atomic E-state index is 13.0. The molecule has 0 aliphatic carbocycles. The van der Waals surface area contributed by atoms with Crippen LogP contribution in [0.15, 0.2) is 24.3 Å². The normalized spacial score (nSPS) is 25.2. The van der Waals surface area contributed by atoms with Crippen LogP contribution >= 0.6 is 0 Å². The SMILES string of the molecule is O=C1N[C@@H]2CCN(C(=O)CN3CCCCCC3=O)C[C@@H]2CCCCCOc2ccccc21. The number of hydrogen-bond acceptors (Lipinski definition) is 4. The topological polar surface area (TPSA) is 79.0 Å². The minimum atomic E-state index is -0.105. The van der Waals surface area contributed by atoms with Crippen LogP contribution in [0.25, 0.3) is 0 Å². The molecule has 3 aliphatic heterocycles. The van der Waals surface area contributed by atoms with Gasteiger partial charge < -0.3 is 19.9 Å². The Morgan fingerprint density at radius 3 is 2.75 bits per heavy atom. The average Bonchev–Trinajstić information content (AvgIpc) is 3.00. The molecule has 4 rings (SSSR count). The van der Waals surface area contributed by atoms with Crippen molar-refractivity contribution in [1.82, 2.24) is 15.1 Å². The van der Waals surface area contributed by atoms with Crippen LogP contribution < -0.4 is 10.1 Å². The first kappa shape index (κ1) is 22.6. The molecule has 1 aromatic rings. The van der Waals surface area contributed by atoms with Crippen LogP contribution in [0, 0.1) is 5.92 Å². The summed E-state index contributed by atoms with van der Waals surface area (Å²) in [5.74, 6) is 0.895. The Kier molecular flexibility index (Phi) is 7.66. The zero-order valence-electron chi connectivity index (χ0n) is 18.9. The van der Waals surface area contributed by atoms with E-state index < -0.39 is 0 Å². The standard InChI is InChI=1S/C25H35N3O4/c29-23-12-4-1-7-14-27(23)18-24(30)28-15-13-21-19(17-28)9-3-2-8-16-32-22-11-6-5-10-20(22)25(31)26-21/h5-6,10-11,19,21H,1-4,7-9,12-18H2,(H,26,31)/t19-,21+/m0/s1. The van der Waals surface area contributed by atoms with E-state index in [4.69, 9.17) is 4.74 Å². The van der Waals surface area contributed by atoms with Crippen molar-refractivity contribution in [2.75, 3.05) is 32.8 Å². The number of amides is 3. The average molecular weight is 442 g/mol. The highest BCUT2D eigenvalue weighted by Crippen LogP contribution is 2.26. The van der Waals surface area contributed by atoms with Crippen molar-refractivity contribution in [1.29, 1.82) is 0 Å². The molecule has 2 saturated heterocycles. The lowest BCUT2D eigenvalue weighted by atomic mass is 9.87. The zero-order valence-corrected chi connectivity index (χ0v) is 18.9. The molecule has 3 heterocycles. The van der Waals surface area contributed by atoms with E-state index in [1.807, 2.05) is 29.2 Å². The third-order valence-electron chi connectivity index (χ3n) is 7.01. The van der Waals surface area contributed by atoms with Crippen LogP contribution in [-0.4, -0.2) is 66.3 Å². The summed E-state index contributed by atoms with van der Waals surface area (Å²) in [4.78, 5) is 42.0. The van der Waals surface area contributed by atoms with Crippen molar-refractivity contribution in [2.45, 2.75) is 63.8 Å². The molecule has 174 valence electrons. The summed E-state index contributed by atoms with van der Waals surface area (Å²) >= 11 is 0. The number of piperidine rings is 1. The summed E-state index contributed by atoms with van der Waals surface area (Å²) in [6, 6.07) is 7.45. The van der Waals surface area contributed by atoms with E-state index in [0.717, 1.165) is 51.4 Å². The highest BCUT2D eigenvalue weighted by atomic mass is 16.5. The molecule has 0 unspecified atom stereocenters. The maximum absolute atomic E-state index is 13.0. The summed E-state index contributed by atoms with van der Waals surface area (Å²) in [6.07, 6.45) is 8.27. The van der Waals surface area contributed by atoms with E-state index in [1.54, 1.807) is 4.90 Å². The van der Waals surface area contributed by atoms with Crippen molar-refractivity contribution < 1.29 is 19.1 Å². The van der Waals surface area contributed by atoms with E-state index in [-0.39, 0.29) is 36.2 Å². The van der Waals surface area contributed by atoms with Crippen molar-refractivity contribution in [2.24, 2.45) is 5.92 Å². The highest BCUT2D eigenvalue weighted by molar-refractivity contribution is 5.97. The van der Waals surface area contributed by atoms with E-state index in [9.17, 15) is 14.4 Å². The van der Waals surface area contributed by atoms with Crippen molar-refractivity contribution >= 4 is 17.7 Å². The fourth-order valence-corrected chi connectivity index (χ4v) is 5.10. The summed E-state index contributed by atoms with van der Waals surface area (Å²) in [7, 11) is 0. The Morgan fingerprint density at radius 2 is 1.84 bits per heavy atom. The van der Waals surface area contributed by atoms with Gasteiger partial charge in [-0.3, -0.25) is 14.4 Å². The molecule has 2 atom stereocenters. The molecule has 0 aromatic heterocycles. The predicted molar refractivity (Wildman–Crippen MR) is 121 cm³/mol. The van der Waals surface area contributed by atoms with Gasteiger partial charge in [0.25, 0.3) is 5.91 Å². The lowest BCUT2D eigenvalue weighted by molar-refractivity contribution is -0.141. The molecule has 2 fully saturated rings. The lowest BCUT2D eigenvalue weighted by Crippen LogP contribution is -2.54. The molecule has 1 N–H and O–H groups in total. The number of hydrogen-bond donors (Lipinski definition) is 1. The van der Waals surface area contributed by atoms with Gasteiger partial charge in [0.05, 0.1) is 18.7 Å². The van der Waals surface area contributed by atoms with Crippen LogP contribution in [-0.2, 0) is 9.59 Å². The third-order valence-corrected chi connectivity index (χ3v) is 7.01. The largest absolute Gasteiger partial charge is 0.493 e. The second-order valence-electron chi connectivity index (χ2n) is 9.29. The highest BCUT2D eigenvalue weighted by Gasteiger charge is 2.33. The minimum Gasteiger partial charge on any atom is -0.493 e. The summed E-state index contributed by atoms with van der Waals surface area (Å²) in [5.41, 5.74) is 0.574. The van der Waals surface area contributed by atoms with Gasteiger partial charge in [-0.1, -0.05) is 31.4 Å². The molecule has 7 nitrogen and oxygen atoms in total. The number of carbonyl (C=O) groups excluding carboxylic acids is 3. The smallest absolute Gasteiger partial charge is 0.255 e. The molecule has 0 bridgehead atoms. The van der Waals surface area contributed by atoms with Crippen LogP contribution in [0.1, 0.15) is 68.1 Å². The van der Waals surface area contributed by atoms with Crippen LogP contribution in [0.3, 0.4) is 0 Å². The van der Waals surface area contributed by atoms with Gasteiger partial charge in [0.1, 0.15) is 5.75 Å². The van der Waals surface area contributed by atoms with Crippen LogP contribution in [0.4, 0.5) is 0 Å². The summed E-state index contributed by atoms with van der Waals surface area (Å²) in [6.45, 7) is 2.73. The predicted octanol–water partition coefficient (Wildman–Crippen LogP) is 2.99. The molecule has 3 amide bonds. The number of rotatable bonds is 2. The number of likely N-dealkylation sites (tertiary alicyclic amines) is 2. The third kappa shape index (κ3) is 5.61. The first-order valence-corrected chi connectivity index (χ1v) is 12.2. The van der Waals surface area contributed by atoms with Gasteiger partial charge in [0, 0.05) is 32.1 Å². The molecule has 7 heteroatoms. The molecule has 0 saturated carbocycles. The number of benzene rings is 1. The van der Waals surface area contributed by atoms with Gasteiger partial charge in [0.15, 0.2) is 0 Å². The number of ether oxygens (including phenoxy) is 1. The summed E-state index contributed by atoms with van der Waals surface area (Å²) < 4.78 is 5.86. The Labute approximate surface area is 190 Å². The monoisotopic (exact) mass is 441 g/mol. The second-order valence-corrected chi connectivity index (χ2v) is 9.29.